The molecule has 2 aromatic carbocycles. The van der Waals surface area contributed by atoms with Gasteiger partial charge < -0.3 is 19.5 Å². The minimum Gasteiger partial charge on any atom is -0.492 e. The summed E-state index contributed by atoms with van der Waals surface area (Å²) in [6.07, 6.45) is 0. The van der Waals surface area contributed by atoms with Crippen LogP contribution < -0.4 is 24.4 Å². The molecule has 0 aliphatic carbocycles. The maximum absolute atomic E-state index is 12.4. The van der Waals surface area contributed by atoms with E-state index < -0.39 is 0 Å². The first-order chi connectivity index (χ1) is 12.2. The van der Waals surface area contributed by atoms with Crippen LogP contribution in [0.1, 0.15) is 12.5 Å². The smallest absolute Gasteiger partial charge is 0.321 e. The molecule has 0 aromatic heterocycles. The van der Waals surface area contributed by atoms with Gasteiger partial charge in [-0.3, -0.25) is 4.90 Å². The van der Waals surface area contributed by atoms with Gasteiger partial charge in [-0.25, -0.2) is 4.79 Å². The van der Waals surface area contributed by atoms with Crippen molar-refractivity contribution in [3.63, 3.8) is 0 Å². The highest BCUT2D eigenvalue weighted by atomic mass is 16.7. The van der Waals surface area contributed by atoms with E-state index in [-0.39, 0.29) is 12.8 Å². The monoisotopic (exact) mass is 342 g/mol. The Morgan fingerprint density at radius 2 is 2.04 bits per heavy atom. The van der Waals surface area contributed by atoms with Crippen molar-refractivity contribution in [2.45, 2.75) is 13.8 Å². The molecule has 1 aliphatic rings. The summed E-state index contributed by atoms with van der Waals surface area (Å²) >= 11 is 0. The minimum absolute atomic E-state index is 0.137. The number of urea groups is 1. The zero-order valence-electron chi connectivity index (χ0n) is 14.5. The quantitative estimate of drug-likeness (QED) is 0.818. The van der Waals surface area contributed by atoms with Crippen molar-refractivity contribution in [1.29, 1.82) is 0 Å². The van der Waals surface area contributed by atoms with E-state index in [0.717, 1.165) is 17.0 Å². The molecule has 6 heteroatoms. The molecule has 0 unspecified atom stereocenters. The summed E-state index contributed by atoms with van der Waals surface area (Å²) in [4.78, 5) is 14.1. The Balaban J connectivity index is 1.48. The number of ether oxygens (including phenoxy) is 3. The van der Waals surface area contributed by atoms with Gasteiger partial charge in [0.1, 0.15) is 12.4 Å². The van der Waals surface area contributed by atoms with E-state index in [2.05, 4.69) is 5.32 Å². The van der Waals surface area contributed by atoms with E-state index in [9.17, 15) is 4.79 Å². The maximum Gasteiger partial charge on any atom is 0.321 e. The molecular weight excluding hydrogens is 320 g/mol. The number of benzene rings is 2. The Morgan fingerprint density at radius 1 is 1.20 bits per heavy atom. The highest BCUT2D eigenvalue weighted by molar-refractivity contribution is 5.91. The Bertz CT molecular complexity index is 748. The zero-order chi connectivity index (χ0) is 17.6. The molecule has 0 saturated heterocycles. The van der Waals surface area contributed by atoms with Gasteiger partial charge in [0.2, 0.25) is 6.79 Å². The molecule has 0 saturated carbocycles. The fourth-order valence-corrected chi connectivity index (χ4v) is 2.63. The van der Waals surface area contributed by atoms with Crippen LogP contribution in [0.5, 0.6) is 17.2 Å². The van der Waals surface area contributed by atoms with Crippen molar-refractivity contribution in [3.05, 3.63) is 48.0 Å². The number of anilines is 1. The molecular formula is C19H22N2O4. The van der Waals surface area contributed by atoms with Crippen LogP contribution in [-0.2, 0) is 0 Å². The number of carbonyl (C=O) groups excluding carboxylic acids is 1. The molecule has 2 amide bonds. The fraction of sp³-hybridized carbons (Fsp3) is 0.316. The number of nitrogens with one attached hydrogen (secondary N) is 1. The summed E-state index contributed by atoms with van der Waals surface area (Å²) in [6.45, 7) is 5.57. The average molecular weight is 342 g/mol. The van der Waals surface area contributed by atoms with Crippen LogP contribution in [0.2, 0.25) is 0 Å². The second kappa shape index (κ2) is 7.79. The zero-order valence-corrected chi connectivity index (χ0v) is 14.5. The van der Waals surface area contributed by atoms with Crippen molar-refractivity contribution in [2.24, 2.45) is 0 Å². The molecule has 0 bridgehead atoms. The van der Waals surface area contributed by atoms with Gasteiger partial charge in [-0.15, -0.1) is 0 Å². The lowest BCUT2D eigenvalue weighted by atomic mass is 10.2. The summed E-state index contributed by atoms with van der Waals surface area (Å²) in [7, 11) is 0. The van der Waals surface area contributed by atoms with Gasteiger partial charge in [0.05, 0.1) is 6.54 Å². The molecule has 132 valence electrons. The molecule has 3 rings (SSSR count). The van der Waals surface area contributed by atoms with Crippen LogP contribution in [0.3, 0.4) is 0 Å². The normalized spacial score (nSPS) is 11.9. The van der Waals surface area contributed by atoms with Crippen LogP contribution >= 0.6 is 0 Å². The van der Waals surface area contributed by atoms with Crippen molar-refractivity contribution >= 4 is 11.7 Å². The molecule has 6 nitrogen and oxygen atoms in total. The largest absolute Gasteiger partial charge is 0.492 e. The van der Waals surface area contributed by atoms with E-state index in [1.54, 1.807) is 11.0 Å². The van der Waals surface area contributed by atoms with Gasteiger partial charge >= 0.3 is 6.03 Å². The Hall–Kier alpha value is -2.89. The Kier molecular flexibility index (Phi) is 5.28. The topological polar surface area (TPSA) is 60.0 Å². The van der Waals surface area contributed by atoms with Gasteiger partial charge in [-0.05, 0) is 43.7 Å². The second-order valence-corrected chi connectivity index (χ2v) is 5.68. The number of rotatable bonds is 6. The highest BCUT2D eigenvalue weighted by Crippen LogP contribution is 2.34. The lowest BCUT2D eigenvalue weighted by molar-refractivity contribution is 0.173. The molecule has 1 N–H and O–H groups in total. The van der Waals surface area contributed by atoms with Crippen LogP contribution in [0.4, 0.5) is 10.5 Å². The number of nitrogens with zero attached hydrogens (tertiary/aromatic N) is 1. The lowest BCUT2D eigenvalue weighted by Gasteiger charge is -2.22. The molecule has 1 heterocycles. The van der Waals surface area contributed by atoms with Gasteiger partial charge in [0, 0.05) is 18.3 Å². The molecule has 1 aliphatic heterocycles. The number of amides is 2. The maximum atomic E-state index is 12.4. The molecule has 25 heavy (non-hydrogen) atoms. The summed E-state index contributed by atoms with van der Waals surface area (Å²) in [5.74, 6) is 2.08. The predicted molar refractivity (Wildman–Crippen MR) is 95.7 cm³/mol. The number of aryl methyl sites for hydroxylation is 1. The number of hydrogen-bond acceptors (Lipinski definition) is 4. The van der Waals surface area contributed by atoms with Crippen molar-refractivity contribution in [3.8, 4) is 17.2 Å². The van der Waals surface area contributed by atoms with Gasteiger partial charge in [0.15, 0.2) is 11.5 Å². The molecule has 0 spiro atoms. The summed E-state index contributed by atoms with van der Waals surface area (Å²) < 4.78 is 16.2. The summed E-state index contributed by atoms with van der Waals surface area (Å²) in [6, 6.07) is 13.2. The average Bonchev–Trinajstić information content (AvgIpc) is 3.07. The number of carbonyl (C=O) groups is 1. The van der Waals surface area contributed by atoms with E-state index in [0.29, 0.717) is 31.2 Å². The first kappa shape index (κ1) is 17.0. The van der Waals surface area contributed by atoms with Crippen LogP contribution in [-0.4, -0.2) is 32.5 Å². The van der Waals surface area contributed by atoms with E-state index in [1.807, 2.05) is 50.2 Å². The van der Waals surface area contributed by atoms with E-state index in [1.165, 1.54) is 0 Å². The Morgan fingerprint density at radius 3 is 2.84 bits per heavy atom. The number of hydrogen-bond donors (Lipinski definition) is 1. The van der Waals surface area contributed by atoms with Crippen LogP contribution in [0.25, 0.3) is 0 Å². The predicted octanol–water partition coefficient (Wildman–Crippen LogP) is 3.34. The number of fused-ring (bicyclic) bond motifs is 1. The third-order valence-corrected chi connectivity index (χ3v) is 3.87. The van der Waals surface area contributed by atoms with Crippen molar-refractivity contribution < 1.29 is 19.0 Å². The van der Waals surface area contributed by atoms with Crippen molar-refractivity contribution in [1.82, 2.24) is 5.32 Å². The molecule has 0 fully saturated rings. The first-order valence-corrected chi connectivity index (χ1v) is 8.32. The molecule has 0 radical (unpaired) electrons. The fourth-order valence-electron chi connectivity index (χ4n) is 2.63. The van der Waals surface area contributed by atoms with Crippen LogP contribution in [0, 0.1) is 6.92 Å². The van der Waals surface area contributed by atoms with Crippen molar-refractivity contribution in [2.75, 3.05) is 31.4 Å². The molecule has 0 atom stereocenters. The Labute approximate surface area is 147 Å². The van der Waals surface area contributed by atoms with E-state index >= 15 is 0 Å². The second-order valence-electron chi connectivity index (χ2n) is 5.68. The summed E-state index contributed by atoms with van der Waals surface area (Å²) in [5.41, 5.74) is 2.01. The summed E-state index contributed by atoms with van der Waals surface area (Å²) in [5, 5.41) is 2.88. The SMILES string of the molecule is CCN(C(=O)NCCOc1ccc2c(c1)OCO2)c1cccc(C)c1. The lowest BCUT2D eigenvalue weighted by Crippen LogP contribution is -2.41. The van der Waals surface area contributed by atoms with Crippen LogP contribution in [0.15, 0.2) is 42.5 Å². The third kappa shape index (κ3) is 4.15. The minimum atomic E-state index is -0.137. The first-order valence-electron chi connectivity index (χ1n) is 8.32. The van der Waals surface area contributed by atoms with Gasteiger partial charge in [-0.2, -0.15) is 0 Å². The van der Waals surface area contributed by atoms with Gasteiger partial charge in [0.25, 0.3) is 0 Å². The standard InChI is InChI=1S/C19H22N2O4/c1-3-21(15-6-4-5-14(2)11-15)19(22)20-9-10-23-16-7-8-17-18(12-16)25-13-24-17/h4-8,11-12H,3,9-10,13H2,1-2H3,(H,20,22). The molecule has 2 aromatic rings. The van der Waals surface area contributed by atoms with E-state index in [4.69, 9.17) is 14.2 Å². The highest BCUT2D eigenvalue weighted by Gasteiger charge is 2.15. The van der Waals surface area contributed by atoms with Gasteiger partial charge in [-0.1, -0.05) is 12.1 Å². The third-order valence-electron chi connectivity index (χ3n) is 3.87.